The molecule has 0 atom stereocenters. The summed E-state index contributed by atoms with van der Waals surface area (Å²) in [6, 6.07) is 20.4. The second-order valence-electron chi connectivity index (χ2n) is 6.66. The summed E-state index contributed by atoms with van der Waals surface area (Å²) < 4.78 is 7.81. The number of hydrogen-bond acceptors (Lipinski definition) is 4. The normalized spacial score (nSPS) is 11.6. The van der Waals surface area contributed by atoms with Crippen molar-refractivity contribution in [1.29, 1.82) is 0 Å². The minimum atomic E-state index is 0.649. The van der Waals surface area contributed by atoms with Gasteiger partial charge in [-0.25, -0.2) is 9.97 Å². The van der Waals surface area contributed by atoms with Gasteiger partial charge in [-0.3, -0.25) is 9.55 Å². The molecule has 28 heavy (non-hydrogen) atoms. The first kappa shape index (κ1) is 15.1. The van der Waals surface area contributed by atoms with E-state index in [0.29, 0.717) is 5.82 Å². The number of furan rings is 1. The summed E-state index contributed by atoms with van der Waals surface area (Å²) in [6.45, 7) is 0. The zero-order chi connectivity index (χ0) is 18.5. The second kappa shape index (κ2) is 5.76. The molecule has 2 aromatic carbocycles. The molecule has 0 spiro atoms. The van der Waals surface area contributed by atoms with Crippen LogP contribution in [0.1, 0.15) is 0 Å². The molecule has 4 aromatic heterocycles. The van der Waals surface area contributed by atoms with Crippen molar-refractivity contribution in [2.45, 2.75) is 0 Å². The third-order valence-electron chi connectivity index (χ3n) is 5.04. The highest BCUT2D eigenvalue weighted by Gasteiger charge is 2.15. The lowest BCUT2D eigenvalue weighted by Crippen LogP contribution is -2.00. The van der Waals surface area contributed by atoms with Crippen LogP contribution in [0.4, 0.5) is 0 Å². The van der Waals surface area contributed by atoms with Gasteiger partial charge in [0.05, 0.1) is 17.3 Å². The number of aromatic nitrogens is 4. The van der Waals surface area contributed by atoms with Crippen molar-refractivity contribution in [2.24, 2.45) is 0 Å². The van der Waals surface area contributed by atoms with Gasteiger partial charge >= 0.3 is 0 Å². The summed E-state index contributed by atoms with van der Waals surface area (Å²) >= 11 is 0. The molecule has 0 N–H and O–H groups in total. The van der Waals surface area contributed by atoms with E-state index in [4.69, 9.17) is 9.40 Å². The van der Waals surface area contributed by atoms with Crippen LogP contribution in [0.5, 0.6) is 0 Å². The van der Waals surface area contributed by atoms with E-state index >= 15 is 0 Å². The van der Waals surface area contributed by atoms with Gasteiger partial charge in [0.25, 0.3) is 0 Å². The third kappa shape index (κ3) is 2.16. The van der Waals surface area contributed by atoms with E-state index in [2.05, 4.69) is 44.9 Å². The highest BCUT2D eigenvalue weighted by atomic mass is 16.3. The van der Waals surface area contributed by atoms with Crippen LogP contribution in [0.2, 0.25) is 0 Å². The van der Waals surface area contributed by atoms with Crippen molar-refractivity contribution in [3.8, 4) is 17.2 Å². The van der Waals surface area contributed by atoms with Gasteiger partial charge in [-0.15, -0.1) is 0 Å². The summed E-state index contributed by atoms with van der Waals surface area (Å²) in [6.07, 6.45) is 7.03. The van der Waals surface area contributed by atoms with E-state index in [1.807, 2.05) is 30.3 Å². The Bertz CT molecular complexity index is 1460. The molecule has 0 unspecified atom stereocenters. The molecule has 5 heteroatoms. The fourth-order valence-corrected chi connectivity index (χ4v) is 3.78. The van der Waals surface area contributed by atoms with E-state index in [0.717, 1.165) is 33.4 Å². The predicted octanol–water partition coefficient (Wildman–Crippen LogP) is 5.38. The summed E-state index contributed by atoms with van der Waals surface area (Å²) in [4.78, 5) is 13.5. The van der Waals surface area contributed by atoms with Gasteiger partial charge in [-0.05, 0) is 36.4 Å². The molecule has 0 bridgehead atoms. The van der Waals surface area contributed by atoms with Crippen molar-refractivity contribution in [3.05, 3.63) is 85.5 Å². The molecule has 4 heterocycles. The average Bonchev–Trinajstić information content (AvgIpc) is 3.34. The van der Waals surface area contributed by atoms with Crippen LogP contribution in [-0.2, 0) is 0 Å². The first-order chi connectivity index (χ1) is 13.9. The molecule has 0 aliphatic rings. The van der Waals surface area contributed by atoms with E-state index in [9.17, 15) is 0 Å². The van der Waals surface area contributed by atoms with Gasteiger partial charge in [-0.2, -0.15) is 0 Å². The topological polar surface area (TPSA) is 56.7 Å². The van der Waals surface area contributed by atoms with E-state index in [-0.39, 0.29) is 0 Å². The molecule has 6 aromatic rings. The van der Waals surface area contributed by atoms with Crippen LogP contribution in [0.25, 0.3) is 50.0 Å². The van der Waals surface area contributed by atoms with E-state index in [1.54, 1.807) is 24.9 Å². The number of hydrogen-bond donors (Lipinski definition) is 0. The first-order valence-corrected chi connectivity index (χ1v) is 9.03. The Morgan fingerprint density at radius 1 is 0.821 bits per heavy atom. The quantitative estimate of drug-likeness (QED) is 0.415. The number of para-hydroxylation sites is 1. The van der Waals surface area contributed by atoms with E-state index < -0.39 is 0 Å². The lowest BCUT2D eigenvalue weighted by Gasteiger charge is -2.08. The zero-order valence-corrected chi connectivity index (χ0v) is 14.8. The lowest BCUT2D eigenvalue weighted by molar-refractivity contribution is 0.616. The molecule has 132 valence electrons. The van der Waals surface area contributed by atoms with Gasteiger partial charge in [0.2, 0.25) is 0 Å². The summed E-state index contributed by atoms with van der Waals surface area (Å²) in [5, 5.41) is 3.45. The maximum absolute atomic E-state index is 5.65. The van der Waals surface area contributed by atoms with Gasteiger partial charge in [0, 0.05) is 46.4 Å². The zero-order valence-electron chi connectivity index (χ0n) is 14.8. The average molecular weight is 362 g/mol. The van der Waals surface area contributed by atoms with Gasteiger partial charge in [-0.1, -0.05) is 18.2 Å². The van der Waals surface area contributed by atoms with Crippen LogP contribution in [0, 0.1) is 0 Å². The van der Waals surface area contributed by atoms with Crippen molar-refractivity contribution >= 4 is 32.8 Å². The number of benzene rings is 2. The first-order valence-electron chi connectivity index (χ1n) is 9.03. The van der Waals surface area contributed by atoms with Crippen LogP contribution < -0.4 is 0 Å². The molecule has 0 aliphatic carbocycles. The van der Waals surface area contributed by atoms with Gasteiger partial charge in [0.1, 0.15) is 11.4 Å². The molecule has 0 fully saturated rings. The van der Waals surface area contributed by atoms with Crippen molar-refractivity contribution in [2.75, 3.05) is 0 Å². The number of rotatable bonds is 2. The molecule has 0 radical (unpaired) electrons. The number of pyridine rings is 1. The van der Waals surface area contributed by atoms with Crippen LogP contribution in [0.15, 0.2) is 89.9 Å². The number of nitrogens with zero attached hydrogens (tertiary/aromatic N) is 4. The van der Waals surface area contributed by atoms with E-state index in [1.165, 1.54) is 10.8 Å². The van der Waals surface area contributed by atoms with Gasteiger partial charge in [0.15, 0.2) is 5.82 Å². The third-order valence-corrected chi connectivity index (χ3v) is 5.04. The molecule has 0 amide bonds. The Hall–Kier alpha value is -3.99. The monoisotopic (exact) mass is 362 g/mol. The minimum Gasteiger partial charge on any atom is -0.464 e. The fraction of sp³-hybridized carbons (Fsp3) is 0. The maximum atomic E-state index is 5.65. The van der Waals surface area contributed by atoms with Gasteiger partial charge < -0.3 is 4.42 Å². The predicted molar refractivity (Wildman–Crippen MR) is 109 cm³/mol. The Balaban J connectivity index is 1.69. The molecule has 5 nitrogen and oxygen atoms in total. The summed E-state index contributed by atoms with van der Waals surface area (Å²) in [5.74, 6) is 1.46. The van der Waals surface area contributed by atoms with Crippen LogP contribution in [0.3, 0.4) is 0 Å². The van der Waals surface area contributed by atoms with Crippen molar-refractivity contribution in [3.63, 3.8) is 0 Å². The SMILES string of the molecule is c1cncc(-c2nccc(-n3c4ccccc4c4cc5ccoc5cc43)n2)c1. The fourth-order valence-electron chi connectivity index (χ4n) is 3.78. The van der Waals surface area contributed by atoms with Crippen molar-refractivity contribution in [1.82, 2.24) is 19.5 Å². The minimum absolute atomic E-state index is 0.649. The molecule has 0 saturated heterocycles. The standard InChI is InChI=1S/C23H14N4O/c1-2-6-19-17(5-1)18-12-15-8-11-28-21(15)13-20(18)27(19)22-7-10-25-23(26-22)16-4-3-9-24-14-16/h1-14H. The second-order valence-corrected chi connectivity index (χ2v) is 6.66. The maximum Gasteiger partial charge on any atom is 0.163 e. The smallest absolute Gasteiger partial charge is 0.163 e. The summed E-state index contributed by atoms with van der Waals surface area (Å²) in [7, 11) is 0. The van der Waals surface area contributed by atoms with Crippen LogP contribution >= 0.6 is 0 Å². The Kier molecular flexibility index (Phi) is 3.10. The molecule has 6 rings (SSSR count). The molecular weight excluding hydrogens is 348 g/mol. The largest absolute Gasteiger partial charge is 0.464 e. The molecule has 0 aliphatic heterocycles. The molecular formula is C23H14N4O. The molecule has 0 saturated carbocycles. The Morgan fingerprint density at radius 2 is 1.79 bits per heavy atom. The van der Waals surface area contributed by atoms with Crippen LogP contribution in [-0.4, -0.2) is 19.5 Å². The van der Waals surface area contributed by atoms with Crippen molar-refractivity contribution < 1.29 is 4.42 Å². The summed E-state index contributed by atoms with van der Waals surface area (Å²) in [5.41, 5.74) is 3.90. The number of fused-ring (bicyclic) bond motifs is 4. The highest BCUT2D eigenvalue weighted by molar-refractivity contribution is 6.12. The Morgan fingerprint density at radius 3 is 2.71 bits per heavy atom. The highest BCUT2D eigenvalue weighted by Crippen LogP contribution is 2.34. The lowest BCUT2D eigenvalue weighted by atomic mass is 10.1. The Labute approximate surface area is 159 Å².